The normalized spacial score (nSPS) is 13.2. The minimum Gasteiger partial charge on any atom is -0.478 e. The average molecular weight is 448 g/mol. The van der Waals surface area contributed by atoms with Crippen molar-refractivity contribution in [2.24, 2.45) is 5.92 Å². The Kier molecular flexibility index (Phi) is 7.03. The largest absolute Gasteiger partial charge is 0.478 e. The Morgan fingerprint density at radius 2 is 1.61 bits per heavy atom. The summed E-state index contributed by atoms with van der Waals surface area (Å²) in [7, 11) is 0. The van der Waals surface area contributed by atoms with Crippen molar-refractivity contribution < 1.29 is 23.8 Å². The molecular weight excluding hydrogens is 421 g/mol. The van der Waals surface area contributed by atoms with Gasteiger partial charge < -0.3 is 14.7 Å². The summed E-state index contributed by atoms with van der Waals surface area (Å²) in [5, 5.41) is 9.11. The Labute approximate surface area is 192 Å². The van der Waals surface area contributed by atoms with E-state index < -0.39 is 11.8 Å². The standard InChI is InChI=1S/C27H26FNO4/c28-24-6-1-2-7-25(24)33-23-14-12-21(13-15-23)26(30)29(17-16-19-4-3-5-19)18-20-8-10-22(11-9-20)27(31)32/h1-2,6-15,19H,3-5,16-18H2,(H,31,32). The molecule has 1 amide bonds. The minimum atomic E-state index is -0.975. The number of nitrogens with zero attached hydrogens (tertiary/aromatic N) is 1. The van der Waals surface area contributed by atoms with Gasteiger partial charge in [0.25, 0.3) is 5.91 Å². The summed E-state index contributed by atoms with van der Waals surface area (Å²) < 4.78 is 19.4. The quantitative estimate of drug-likeness (QED) is 0.427. The Balaban J connectivity index is 1.47. The first-order valence-electron chi connectivity index (χ1n) is 11.1. The number of benzene rings is 3. The lowest BCUT2D eigenvalue weighted by molar-refractivity contribution is 0.0692. The molecule has 0 aliphatic heterocycles. The molecule has 1 saturated carbocycles. The Morgan fingerprint density at radius 3 is 2.21 bits per heavy atom. The second kappa shape index (κ2) is 10.3. The van der Waals surface area contributed by atoms with E-state index in [2.05, 4.69) is 0 Å². The molecule has 1 aliphatic carbocycles. The van der Waals surface area contributed by atoms with Crippen LogP contribution in [0.15, 0.2) is 72.8 Å². The number of rotatable bonds is 9. The van der Waals surface area contributed by atoms with E-state index in [4.69, 9.17) is 9.84 Å². The average Bonchev–Trinajstić information content (AvgIpc) is 2.79. The lowest BCUT2D eigenvalue weighted by Crippen LogP contribution is -2.33. The first-order valence-corrected chi connectivity index (χ1v) is 11.1. The van der Waals surface area contributed by atoms with E-state index in [-0.39, 0.29) is 17.2 Å². The number of hydrogen-bond donors (Lipinski definition) is 1. The van der Waals surface area contributed by atoms with Crippen LogP contribution in [0.1, 0.15) is 52.0 Å². The highest BCUT2D eigenvalue weighted by Crippen LogP contribution is 2.30. The van der Waals surface area contributed by atoms with Gasteiger partial charge in [0.05, 0.1) is 5.56 Å². The lowest BCUT2D eigenvalue weighted by Gasteiger charge is -2.29. The highest BCUT2D eigenvalue weighted by molar-refractivity contribution is 5.94. The maximum absolute atomic E-state index is 13.8. The molecule has 0 saturated heterocycles. The van der Waals surface area contributed by atoms with Crippen molar-refractivity contribution in [2.45, 2.75) is 32.2 Å². The van der Waals surface area contributed by atoms with E-state index in [9.17, 15) is 14.0 Å². The summed E-state index contributed by atoms with van der Waals surface area (Å²) in [5.74, 6) is -0.295. The van der Waals surface area contributed by atoms with Crippen LogP contribution in [-0.2, 0) is 6.54 Å². The molecule has 0 spiro atoms. The van der Waals surface area contributed by atoms with E-state index in [0.717, 1.165) is 12.0 Å². The number of carboxylic acids is 1. The maximum atomic E-state index is 13.8. The van der Waals surface area contributed by atoms with Crippen LogP contribution in [0, 0.1) is 11.7 Å². The van der Waals surface area contributed by atoms with Crippen LogP contribution in [0.3, 0.4) is 0 Å². The zero-order valence-electron chi connectivity index (χ0n) is 18.2. The number of hydrogen-bond acceptors (Lipinski definition) is 3. The zero-order valence-corrected chi connectivity index (χ0v) is 18.2. The molecule has 1 aliphatic rings. The molecule has 0 radical (unpaired) electrons. The predicted molar refractivity (Wildman–Crippen MR) is 123 cm³/mol. The molecule has 3 aromatic carbocycles. The molecule has 170 valence electrons. The first kappa shape index (κ1) is 22.5. The highest BCUT2D eigenvalue weighted by Gasteiger charge is 2.22. The predicted octanol–water partition coefficient (Wildman–Crippen LogP) is 6.15. The van der Waals surface area contributed by atoms with Gasteiger partial charge >= 0.3 is 5.97 Å². The third-order valence-corrected chi connectivity index (χ3v) is 6.06. The molecule has 0 unspecified atom stereocenters. The Hall–Kier alpha value is -3.67. The second-order valence-corrected chi connectivity index (χ2v) is 8.37. The van der Waals surface area contributed by atoms with E-state index in [1.807, 2.05) is 0 Å². The van der Waals surface area contributed by atoms with Gasteiger partial charge in [-0.1, -0.05) is 43.5 Å². The van der Waals surface area contributed by atoms with Crippen LogP contribution in [0.4, 0.5) is 4.39 Å². The molecule has 33 heavy (non-hydrogen) atoms. The van der Waals surface area contributed by atoms with Gasteiger partial charge in [0, 0.05) is 18.7 Å². The van der Waals surface area contributed by atoms with Gasteiger partial charge in [-0.25, -0.2) is 9.18 Å². The van der Waals surface area contributed by atoms with E-state index in [0.29, 0.717) is 30.3 Å². The van der Waals surface area contributed by atoms with E-state index in [1.165, 1.54) is 25.3 Å². The van der Waals surface area contributed by atoms with Crippen LogP contribution in [0.5, 0.6) is 11.5 Å². The molecule has 0 atom stereocenters. The summed E-state index contributed by atoms with van der Waals surface area (Å²) in [6.07, 6.45) is 4.61. The fraction of sp³-hybridized carbons (Fsp3) is 0.259. The van der Waals surface area contributed by atoms with E-state index in [1.54, 1.807) is 71.6 Å². The van der Waals surface area contributed by atoms with Crippen LogP contribution >= 0.6 is 0 Å². The second-order valence-electron chi connectivity index (χ2n) is 8.37. The number of para-hydroxylation sites is 1. The van der Waals surface area contributed by atoms with Crippen molar-refractivity contribution >= 4 is 11.9 Å². The molecule has 0 heterocycles. The number of carbonyl (C=O) groups excluding carboxylic acids is 1. The Morgan fingerprint density at radius 1 is 0.939 bits per heavy atom. The molecular formula is C27H26FNO4. The molecule has 1 fully saturated rings. The van der Waals surface area contributed by atoms with Gasteiger partial charge in [0.1, 0.15) is 5.75 Å². The van der Waals surface area contributed by atoms with Crippen molar-refractivity contribution in [3.8, 4) is 11.5 Å². The number of amides is 1. The maximum Gasteiger partial charge on any atom is 0.335 e. The molecule has 0 bridgehead atoms. The van der Waals surface area contributed by atoms with Crippen molar-refractivity contribution in [3.05, 3.63) is 95.3 Å². The van der Waals surface area contributed by atoms with Crippen molar-refractivity contribution in [2.75, 3.05) is 6.54 Å². The third kappa shape index (κ3) is 5.77. The van der Waals surface area contributed by atoms with Gasteiger partial charge in [-0.15, -0.1) is 0 Å². The van der Waals surface area contributed by atoms with Gasteiger partial charge in [0.15, 0.2) is 11.6 Å². The van der Waals surface area contributed by atoms with Crippen molar-refractivity contribution in [1.82, 2.24) is 4.90 Å². The van der Waals surface area contributed by atoms with E-state index >= 15 is 0 Å². The van der Waals surface area contributed by atoms with Gasteiger partial charge in [-0.2, -0.15) is 0 Å². The first-order chi connectivity index (χ1) is 16.0. The van der Waals surface area contributed by atoms with Crippen molar-refractivity contribution in [3.63, 3.8) is 0 Å². The summed E-state index contributed by atoms with van der Waals surface area (Å²) in [4.78, 5) is 26.2. The lowest BCUT2D eigenvalue weighted by atomic mass is 9.83. The number of aromatic carboxylic acids is 1. The number of halogens is 1. The highest BCUT2D eigenvalue weighted by atomic mass is 19.1. The van der Waals surface area contributed by atoms with Crippen molar-refractivity contribution in [1.29, 1.82) is 0 Å². The SMILES string of the molecule is O=C(O)c1ccc(CN(CCC2CCC2)C(=O)c2ccc(Oc3ccccc3F)cc2)cc1. The number of carbonyl (C=O) groups is 2. The number of ether oxygens (including phenoxy) is 1. The Bertz CT molecular complexity index is 1110. The molecule has 5 nitrogen and oxygen atoms in total. The molecule has 4 rings (SSSR count). The topological polar surface area (TPSA) is 66.8 Å². The van der Waals surface area contributed by atoms with Crippen LogP contribution < -0.4 is 4.74 Å². The van der Waals surface area contributed by atoms with Crippen LogP contribution in [-0.4, -0.2) is 28.4 Å². The van der Waals surface area contributed by atoms with Gasteiger partial charge in [-0.3, -0.25) is 4.79 Å². The fourth-order valence-electron chi connectivity index (χ4n) is 3.85. The monoisotopic (exact) mass is 447 g/mol. The summed E-state index contributed by atoms with van der Waals surface area (Å²) in [6, 6.07) is 19.5. The summed E-state index contributed by atoms with van der Waals surface area (Å²) in [5.41, 5.74) is 1.62. The minimum absolute atomic E-state index is 0.103. The summed E-state index contributed by atoms with van der Waals surface area (Å²) >= 11 is 0. The molecule has 6 heteroatoms. The molecule has 1 N–H and O–H groups in total. The fourth-order valence-corrected chi connectivity index (χ4v) is 3.85. The smallest absolute Gasteiger partial charge is 0.335 e. The van der Waals surface area contributed by atoms with Gasteiger partial charge in [0.2, 0.25) is 0 Å². The van der Waals surface area contributed by atoms with Gasteiger partial charge in [-0.05, 0) is 66.4 Å². The van der Waals surface area contributed by atoms with Crippen LogP contribution in [0.2, 0.25) is 0 Å². The number of carboxylic acid groups (broad SMARTS) is 1. The molecule has 0 aromatic heterocycles. The van der Waals surface area contributed by atoms with Crippen LogP contribution in [0.25, 0.3) is 0 Å². The summed E-state index contributed by atoms with van der Waals surface area (Å²) in [6.45, 7) is 1.04. The zero-order chi connectivity index (χ0) is 23.2. The molecule has 3 aromatic rings. The third-order valence-electron chi connectivity index (χ3n) is 6.06.